The Balaban J connectivity index is 1.55. The summed E-state index contributed by atoms with van der Waals surface area (Å²) < 4.78 is 25.2. The van der Waals surface area contributed by atoms with Crippen LogP contribution in [-0.4, -0.2) is 12.5 Å². The molecule has 1 heterocycles. The summed E-state index contributed by atoms with van der Waals surface area (Å²) in [6, 6.07) is 24.2. The lowest BCUT2D eigenvalue weighted by atomic mass is 9.97. The Morgan fingerprint density at radius 3 is 2.63 bits per heavy atom. The Morgan fingerprint density at radius 1 is 1.00 bits per heavy atom. The van der Waals surface area contributed by atoms with Crippen molar-refractivity contribution in [1.82, 2.24) is 0 Å². The summed E-state index contributed by atoms with van der Waals surface area (Å²) in [6.45, 7) is 4.23. The molecule has 0 atom stereocenters. The van der Waals surface area contributed by atoms with Crippen LogP contribution in [0.1, 0.15) is 19.4 Å². The molecule has 0 saturated heterocycles. The SMILES string of the molecule is CCOc1cc2occ(-c3ccc4ccccc4c3)c2cc1/C(C)=C/C(=O)Nc1cccc(F)c1. The molecule has 0 aliphatic carbocycles. The van der Waals surface area contributed by atoms with Crippen molar-refractivity contribution in [3.63, 3.8) is 0 Å². The molecule has 0 saturated carbocycles. The highest BCUT2D eigenvalue weighted by molar-refractivity contribution is 6.05. The van der Waals surface area contributed by atoms with E-state index in [0.29, 0.717) is 23.6 Å². The van der Waals surface area contributed by atoms with Crippen molar-refractivity contribution < 1.29 is 18.3 Å². The van der Waals surface area contributed by atoms with Crippen LogP contribution in [0.4, 0.5) is 10.1 Å². The summed E-state index contributed by atoms with van der Waals surface area (Å²) >= 11 is 0. The molecule has 0 unspecified atom stereocenters. The van der Waals surface area contributed by atoms with Crippen LogP contribution in [0.25, 0.3) is 38.4 Å². The maximum absolute atomic E-state index is 13.5. The van der Waals surface area contributed by atoms with Crippen LogP contribution in [0.15, 0.2) is 95.6 Å². The Morgan fingerprint density at radius 2 is 1.83 bits per heavy atom. The van der Waals surface area contributed by atoms with E-state index < -0.39 is 5.82 Å². The van der Waals surface area contributed by atoms with Gasteiger partial charge in [-0.25, -0.2) is 4.39 Å². The zero-order chi connectivity index (χ0) is 24.4. The van der Waals surface area contributed by atoms with E-state index in [9.17, 15) is 9.18 Å². The van der Waals surface area contributed by atoms with Gasteiger partial charge in [-0.1, -0.05) is 42.5 Å². The highest BCUT2D eigenvalue weighted by Crippen LogP contribution is 2.38. The average molecular weight is 466 g/mol. The van der Waals surface area contributed by atoms with Gasteiger partial charge in [-0.2, -0.15) is 0 Å². The van der Waals surface area contributed by atoms with Crippen molar-refractivity contribution in [1.29, 1.82) is 0 Å². The summed E-state index contributed by atoms with van der Waals surface area (Å²) in [5, 5.41) is 5.96. The third-order valence-corrected chi connectivity index (χ3v) is 5.90. The summed E-state index contributed by atoms with van der Waals surface area (Å²) in [5.41, 5.74) is 4.62. The molecule has 0 aliphatic rings. The normalized spacial score (nSPS) is 11.7. The van der Waals surface area contributed by atoms with Crippen LogP contribution >= 0.6 is 0 Å². The van der Waals surface area contributed by atoms with E-state index in [-0.39, 0.29) is 5.91 Å². The maximum Gasteiger partial charge on any atom is 0.248 e. The standard InChI is InChI=1S/C30H24FNO3/c1-3-34-28-17-29-26(27(18-35-29)22-12-11-20-7-4-5-8-21(20)14-22)16-25(28)19(2)13-30(33)32-24-10-6-9-23(31)15-24/h4-18H,3H2,1-2H3,(H,32,33)/b19-13+. The number of allylic oxidation sites excluding steroid dienone is 1. The number of furan rings is 1. The Bertz CT molecular complexity index is 1580. The third-order valence-electron chi connectivity index (χ3n) is 5.90. The molecular weight excluding hydrogens is 441 g/mol. The number of rotatable bonds is 6. The third kappa shape index (κ3) is 4.66. The fourth-order valence-corrected chi connectivity index (χ4v) is 4.24. The number of anilines is 1. The predicted octanol–water partition coefficient (Wildman–Crippen LogP) is 7.83. The molecule has 4 nitrogen and oxygen atoms in total. The summed E-state index contributed by atoms with van der Waals surface area (Å²) in [5.74, 6) is -0.127. The second-order valence-electron chi connectivity index (χ2n) is 8.32. The molecule has 174 valence electrons. The number of hydrogen-bond donors (Lipinski definition) is 1. The second-order valence-corrected chi connectivity index (χ2v) is 8.32. The second kappa shape index (κ2) is 9.47. The lowest BCUT2D eigenvalue weighted by Gasteiger charge is -2.12. The van der Waals surface area contributed by atoms with Crippen LogP contribution in [0, 0.1) is 5.82 Å². The minimum Gasteiger partial charge on any atom is -0.493 e. The molecule has 0 aliphatic heterocycles. The van der Waals surface area contributed by atoms with Crippen LogP contribution in [-0.2, 0) is 4.79 Å². The highest BCUT2D eigenvalue weighted by Gasteiger charge is 2.16. The fraction of sp³-hybridized carbons (Fsp3) is 0.100. The van der Waals surface area contributed by atoms with Gasteiger partial charge in [0.15, 0.2) is 0 Å². The monoisotopic (exact) mass is 465 g/mol. The molecule has 35 heavy (non-hydrogen) atoms. The van der Waals surface area contributed by atoms with Crippen molar-refractivity contribution in [2.45, 2.75) is 13.8 Å². The van der Waals surface area contributed by atoms with Gasteiger partial charge in [0.05, 0.1) is 12.9 Å². The van der Waals surface area contributed by atoms with E-state index in [1.54, 1.807) is 18.4 Å². The van der Waals surface area contributed by atoms with E-state index in [2.05, 4.69) is 35.6 Å². The first-order chi connectivity index (χ1) is 17.0. The highest BCUT2D eigenvalue weighted by atomic mass is 19.1. The fourth-order valence-electron chi connectivity index (χ4n) is 4.24. The number of ether oxygens (including phenoxy) is 1. The van der Waals surface area contributed by atoms with Crippen molar-refractivity contribution in [2.75, 3.05) is 11.9 Å². The van der Waals surface area contributed by atoms with Gasteiger partial charge in [0.25, 0.3) is 0 Å². The smallest absolute Gasteiger partial charge is 0.248 e. The van der Waals surface area contributed by atoms with Crippen molar-refractivity contribution >= 4 is 38.9 Å². The molecule has 5 heteroatoms. The number of fused-ring (bicyclic) bond motifs is 2. The maximum atomic E-state index is 13.5. The quantitative estimate of drug-likeness (QED) is 0.260. The van der Waals surface area contributed by atoms with E-state index in [0.717, 1.165) is 33.0 Å². The largest absolute Gasteiger partial charge is 0.493 e. The topological polar surface area (TPSA) is 51.5 Å². The van der Waals surface area contributed by atoms with E-state index in [1.807, 2.05) is 38.1 Å². The zero-order valence-corrected chi connectivity index (χ0v) is 19.5. The molecule has 1 N–H and O–H groups in total. The minimum atomic E-state index is -0.409. The predicted molar refractivity (Wildman–Crippen MR) is 139 cm³/mol. The molecule has 1 aromatic heterocycles. The molecule has 4 aromatic carbocycles. The molecule has 5 rings (SSSR count). The molecule has 5 aromatic rings. The summed E-state index contributed by atoms with van der Waals surface area (Å²) in [7, 11) is 0. The Hall–Kier alpha value is -4.38. The summed E-state index contributed by atoms with van der Waals surface area (Å²) in [6.07, 6.45) is 3.24. The van der Waals surface area contributed by atoms with Crippen molar-refractivity contribution in [3.05, 3.63) is 103 Å². The van der Waals surface area contributed by atoms with E-state index >= 15 is 0 Å². The lowest BCUT2D eigenvalue weighted by Crippen LogP contribution is -2.09. The van der Waals surface area contributed by atoms with Gasteiger partial charge in [0, 0.05) is 34.3 Å². The van der Waals surface area contributed by atoms with Crippen LogP contribution in [0.5, 0.6) is 5.75 Å². The number of carbonyl (C=O) groups excluding carboxylic acids is 1. The lowest BCUT2D eigenvalue weighted by molar-refractivity contribution is -0.111. The Labute approximate surface area is 202 Å². The minimum absolute atomic E-state index is 0.349. The number of hydrogen-bond acceptors (Lipinski definition) is 3. The first-order valence-corrected chi connectivity index (χ1v) is 11.4. The molecule has 1 amide bonds. The Kier molecular flexibility index (Phi) is 6.06. The number of benzene rings is 4. The van der Waals surface area contributed by atoms with E-state index in [1.165, 1.54) is 23.6 Å². The van der Waals surface area contributed by atoms with Gasteiger partial charge in [-0.05, 0) is 66.1 Å². The molecule has 0 fully saturated rings. The number of carbonyl (C=O) groups is 1. The van der Waals surface area contributed by atoms with Gasteiger partial charge in [-0.3, -0.25) is 4.79 Å². The van der Waals surface area contributed by atoms with Gasteiger partial charge in [0.2, 0.25) is 5.91 Å². The first kappa shape index (κ1) is 22.4. The van der Waals surface area contributed by atoms with Crippen LogP contribution in [0.2, 0.25) is 0 Å². The summed E-state index contributed by atoms with van der Waals surface area (Å²) in [4.78, 5) is 12.6. The van der Waals surface area contributed by atoms with Crippen molar-refractivity contribution in [2.24, 2.45) is 0 Å². The van der Waals surface area contributed by atoms with Crippen LogP contribution in [0.3, 0.4) is 0 Å². The van der Waals surface area contributed by atoms with Gasteiger partial charge in [0.1, 0.15) is 17.1 Å². The number of amides is 1. The van der Waals surface area contributed by atoms with Gasteiger partial charge >= 0.3 is 0 Å². The average Bonchev–Trinajstić information content (AvgIpc) is 3.26. The zero-order valence-electron chi connectivity index (χ0n) is 19.5. The number of nitrogens with one attached hydrogen (secondary N) is 1. The van der Waals surface area contributed by atoms with Gasteiger partial charge < -0.3 is 14.5 Å². The van der Waals surface area contributed by atoms with Crippen molar-refractivity contribution in [3.8, 4) is 16.9 Å². The molecule has 0 bridgehead atoms. The molecular formula is C30H24FNO3. The molecule has 0 spiro atoms. The van der Waals surface area contributed by atoms with E-state index in [4.69, 9.17) is 9.15 Å². The number of halogens is 1. The van der Waals surface area contributed by atoms with Gasteiger partial charge in [-0.15, -0.1) is 0 Å². The first-order valence-electron chi connectivity index (χ1n) is 11.4. The van der Waals surface area contributed by atoms with Crippen LogP contribution < -0.4 is 10.1 Å². The molecule has 0 radical (unpaired) electrons.